The Morgan fingerprint density at radius 1 is 1.39 bits per heavy atom. The number of rotatable bonds is 4. The average molecular weight is 247 g/mol. The van der Waals surface area contributed by atoms with Crippen LogP contribution in [0.4, 0.5) is 5.69 Å². The third kappa shape index (κ3) is 3.45. The lowest BCUT2D eigenvalue weighted by molar-refractivity contribution is 0.183. The van der Waals surface area contributed by atoms with Crippen molar-refractivity contribution in [2.45, 2.75) is 39.7 Å². The van der Waals surface area contributed by atoms with Crippen molar-refractivity contribution >= 4 is 5.69 Å². The SMILES string of the molecule is CCN1CCC(C(C)Nc2ccc(C)nc2)CC1. The quantitative estimate of drug-likeness (QED) is 0.886. The summed E-state index contributed by atoms with van der Waals surface area (Å²) in [6.07, 6.45) is 4.55. The summed E-state index contributed by atoms with van der Waals surface area (Å²) in [6, 6.07) is 4.72. The third-order valence-electron chi connectivity index (χ3n) is 4.09. The van der Waals surface area contributed by atoms with E-state index < -0.39 is 0 Å². The highest BCUT2D eigenvalue weighted by atomic mass is 15.1. The number of likely N-dealkylation sites (tertiary alicyclic amines) is 1. The molecule has 0 saturated carbocycles. The van der Waals surface area contributed by atoms with Gasteiger partial charge in [-0.3, -0.25) is 4.98 Å². The van der Waals surface area contributed by atoms with Crippen LogP contribution in [0.25, 0.3) is 0 Å². The number of aromatic nitrogens is 1. The first-order valence-corrected chi connectivity index (χ1v) is 7.10. The second-order valence-electron chi connectivity index (χ2n) is 5.39. The second-order valence-corrected chi connectivity index (χ2v) is 5.39. The van der Waals surface area contributed by atoms with Gasteiger partial charge in [-0.05, 0) is 64.4 Å². The van der Waals surface area contributed by atoms with Gasteiger partial charge in [-0.1, -0.05) is 6.92 Å². The lowest BCUT2D eigenvalue weighted by Crippen LogP contribution is -2.39. The van der Waals surface area contributed by atoms with Crippen LogP contribution < -0.4 is 5.32 Å². The normalized spacial score (nSPS) is 19.7. The van der Waals surface area contributed by atoms with Gasteiger partial charge in [0, 0.05) is 11.7 Å². The molecular weight excluding hydrogens is 222 g/mol. The van der Waals surface area contributed by atoms with Crippen LogP contribution in [0.1, 0.15) is 32.4 Å². The van der Waals surface area contributed by atoms with E-state index in [0.29, 0.717) is 6.04 Å². The van der Waals surface area contributed by atoms with Crippen LogP contribution in [0.3, 0.4) is 0 Å². The summed E-state index contributed by atoms with van der Waals surface area (Å²) in [5.41, 5.74) is 2.22. The first kappa shape index (κ1) is 13.3. The molecule has 0 aliphatic carbocycles. The summed E-state index contributed by atoms with van der Waals surface area (Å²) in [5.74, 6) is 0.786. The summed E-state index contributed by atoms with van der Waals surface area (Å²) in [4.78, 5) is 6.87. The number of pyridine rings is 1. The van der Waals surface area contributed by atoms with Crippen molar-refractivity contribution in [3.05, 3.63) is 24.0 Å². The molecule has 1 saturated heterocycles. The van der Waals surface area contributed by atoms with E-state index in [2.05, 4.69) is 41.2 Å². The lowest BCUT2D eigenvalue weighted by Gasteiger charge is -2.34. The predicted molar refractivity (Wildman–Crippen MR) is 76.9 cm³/mol. The number of nitrogens with zero attached hydrogens (tertiary/aromatic N) is 2. The minimum atomic E-state index is 0.536. The van der Waals surface area contributed by atoms with Crippen molar-refractivity contribution in [3.8, 4) is 0 Å². The molecule has 0 spiro atoms. The lowest BCUT2D eigenvalue weighted by atomic mass is 9.90. The molecule has 1 aromatic rings. The number of aryl methyl sites for hydroxylation is 1. The van der Waals surface area contributed by atoms with Crippen LogP contribution in [0, 0.1) is 12.8 Å². The van der Waals surface area contributed by atoms with Gasteiger partial charge in [0.15, 0.2) is 0 Å². The van der Waals surface area contributed by atoms with Gasteiger partial charge in [0.05, 0.1) is 11.9 Å². The van der Waals surface area contributed by atoms with Gasteiger partial charge in [-0.25, -0.2) is 0 Å². The molecule has 1 aromatic heterocycles. The molecule has 1 aliphatic heterocycles. The zero-order valence-corrected chi connectivity index (χ0v) is 11.8. The molecule has 0 radical (unpaired) electrons. The molecule has 18 heavy (non-hydrogen) atoms. The highest BCUT2D eigenvalue weighted by Crippen LogP contribution is 2.22. The average Bonchev–Trinajstić information content (AvgIpc) is 2.41. The minimum Gasteiger partial charge on any atom is -0.381 e. The topological polar surface area (TPSA) is 28.2 Å². The largest absolute Gasteiger partial charge is 0.381 e. The van der Waals surface area contributed by atoms with Gasteiger partial charge in [0.1, 0.15) is 0 Å². The fourth-order valence-electron chi connectivity index (χ4n) is 2.70. The number of hydrogen-bond acceptors (Lipinski definition) is 3. The third-order valence-corrected chi connectivity index (χ3v) is 4.09. The van der Waals surface area contributed by atoms with Gasteiger partial charge < -0.3 is 10.2 Å². The summed E-state index contributed by atoms with van der Waals surface area (Å²) in [7, 11) is 0. The van der Waals surface area contributed by atoms with Crippen LogP contribution >= 0.6 is 0 Å². The molecule has 2 heterocycles. The molecule has 1 atom stereocenters. The molecule has 3 heteroatoms. The zero-order valence-electron chi connectivity index (χ0n) is 11.8. The zero-order chi connectivity index (χ0) is 13.0. The highest BCUT2D eigenvalue weighted by molar-refractivity contribution is 5.41. The van der Waals surface area contributed by atoms with Crippen LogP contribution in [0.5, 0.6) is 0 Å². The van der Waals surface area contributed by atoms with E-state index in [1.807, 2.05) is 13.1 Å². The van der Waals surface area contributed by atoms with Crippen LogP contribution in [0.2, 0.25) is 0 Å². The molecule has 3 nitrogen and oxygen atoms in total. The van der Waals surface area contributed by atoms with E-state index in [0.717, 1.165) is 17.3 Å². The summed E-state index contributed by atoms with van der Waals surface area (Å²) < 4.78 is 0. The molecule has 0 aromatic carbocycles. The van der Waals surface area contributed by atoms with Gasteiger partial charge >= 0.3 is 0 Å². The summed E-state index contributed by atoms with van der Waals surface area (Å²) >= 11 is 0. The van der Waals surface area contributed by atoms with E-state index in [4.69, 9.17) is 0 Å². The minimum absolute atomic E-state index is 0.536. The van der Waals surface area contributed by atoms with Gasteiger partial charge in [-0.2, -0.15) is 0 Å². The maximum atomic E-state index is 4.33. The van der Waals surface area contributed by atoms with Crippen LogP contribution in [0.15, 0.2) is 18.3 Å². The maximum Gasteiger partial charge on any atom is 0.0529 e. The van der Waals surface area contributed by atoms with Crippen LogP contribution in [-0.2, 0) is 0 Å². The van der Waals surface area contributed by atoms with Crippen molar-refractivity contribution < 1.29 is 0 Å². The van der Waals surface area contributed by atoms with Crippen molar-refractivity contribution in [3.63, 3.8) is 0 Å². The van der Waals surface area contributed by atoms with Crippen molar-refractivity contribution in [1.82, 2.24) is 9.88 Å². The van der Waals surface area contributed by atoms with E-state index in [9.17, 15) is 0 Å². The molecule has 0 bridgehead atoms. The van der Waals surface area contributed by atoms with E-state index in [-0.39, 0.29) is 0 Å². The van der Waals surface area contributed by atoms with Crippen LogP contribution in [-0.4, -0.2) is 35.6 Å². The maximum absolute atomic E-state index is 4.33. The Morgan fingerprint density at radius 3 is 2.67 bits per heavy atom. The van der Waals surface area contributed by atoms with E-state index in [1.54, 1.807) is 0 Å². The Balaban J connectivity index is 1.85. The predicted octanol–water partition coefficient (Wildman–Crippen LogP) is 2.92. The number of hydrogen-bond donors (Lipinski definition) is 1. The Kier molecular flexibility index (Phi) is 4.59. The van der Waals surface area contributed by atoms with Gasteiger partial charge in [-0.15, -0.1) is 0 Å². The standard InChI is InChI=1S/C15H25N3/c1-4-18-9-7-14(8-10-18)13(3)17-15-6-5-12(2)16-11-15/h5-6,11,13-14,17H,4,7-10H2,1-3H3. The second kappa shape index (κ2) is 6.19. The summed E-state index contributed by atoms with van der Waals surface area (Å²) in [6.45, 7) is 10.3. The molecule has 1 fully saturated rings. The highest BCUT2D eigenvalue weighted by Gasteiger charge is 2.22. The first-order chi connectivity index (χ1) is 8.69. The van der Waals surface area contributed by atoms with E-state index in [1.165, 1.54) is 32.5 Å². The molecule has 0 amide bonds. The van der Waals surface area contributed by atoms with Gasteiger partial charge in [0.25, 0.3) is 0 Å². The van der Waals surface area contributed by atoms with Crippen molar-refractivity contribution in [2.24, 2.45) is 5.92 Å². The molecule has 100 valence electrons. The fraction of sp³-hybridized carbons (Fsp3) is 0.667. The number of anilines is 1. The Morgan fingerprint density at radius 2 is 2.11 bits per heavy atom. The summed E-state index contributed by atoms with van der Waals surface area (Å²) in [5, 5.41) is 3.59. The van der Waals surface area contributed by atoms with Gasteiger partial charge in [0.2, 0.25) is 0 Å². The fourth-order valence-corrected chi connectivity index (χ4v) is 2.70. The molecule has 1 aliphatic rings. The molecule has 2 rings (SSSR count). The number of nitrogens with one attached hydrogen (secondary N) is 1. The monoisotopic (exact) mass is 247 g/mol. The Labute approximate surface area is 111 Å². The molecule has 1 N–H and O–H groups in total. The molecular formula is C15H25N3. The Bertz CT molecular complexity index is 353. The Hall–Kier alpha value is -1.09. The van der Waals surface area contributed by atoms with Crippen molar-refractivity contribution in [2.75, 3.05) is 25.0 Å². The van der Waals surface area contributed by atoms with E-state index >= 15 is 0 Å². The number of piperidine rings is 1. The molecule has 1 unspecified atom stereocenters. The smallest absolute Gasteiger partial charge is 0.0529 e. The van der Waals surface area contributed by atoms with Crippen molar-refractivity contribution in [1.29, 1.82) is 0 Å². The first-order valence-electron chi connectivity index (χ1n) is 7.10.